The van der Waals surface area contributed by atoms with E-state index in [1.165, 1.54) is 0 Å². The first-order chi connectivity index (χ1) is 9.12. The van der Waals surface area contributed by atoms with Crippen molar-refractivity contribution in [2.75, 3.05) is 18.9 Å². The maximum atomic E-state index is 12.4. The minimum absolute atomic E-state index is 0.0651. The number of nitrogens with one attached hydrogen (secondary N) is 1. The van der Waals surface area contributed by atoms with E-state index in [0.717, 1.165) is 16.4 Å². The van der Waals surface area contributed by atoms with Crippen molar-refractivity contribution in [2.45, 2.75) is 24.9 Å². The number of nitrogens with zero attached hydrogens (tertiary/aromatic N) is 3. The van der Waals surface area contributed by atoms with E-state index in [1.807, 2.05) is 0 Å². The molecular weight excluding hydrogens is 270 g/mol. The van der Waals surface area contributed by atoms with Crippen LogP contribution in [0.5, 0.6) is 0 Å². The van der Waals surface area contributed by atoms with Gasteiger partial charge in [0.1, 0.15) is 16.2 Å². The highest BCUT2D eigenvalue weighted by atomic mass is 32.1. The number of ether oxygens (including phenoxy) is 1. The molecule has 9 heteroatoms. The molecular formula is C10H13N5O3S. The van der Waals surface area contributed by atoms with Gasteiger partial charge in [-0.1, -0.05) is 4.49 Å². The van der Waals surface area contributed by atoms with Crippen LogP contribution in [0.25, 0.3) is 0 Å². The van der Waals surface area contributed by atoms with Crippen molar-refractivity contribution < 1.29 is 14.3 Å². The second-order valence-electron chi connectivity index (χ2n) is 4.60. The monoisotopic (exact) mass is 283 g/mol. The van der Waals surface area contributed by atoms with E-state index in [9.17, 15) is 9.59 Å². The lowest BCUT2D eigenvalue weighted by molar-refractivity contribution is -0.134. The van der Waals surface area contributed by atoms with Gasteiger partial charge in [0.05, 0.1) is 6.54 Å². The molecule has 3 amide bonds. The van der Waals surface area contributed by atoms with E-state index >= 15 is 0 Å². The molecule has 1 aromatic heterocycles. The van der Waals surface area contributed by atoms with Gasteiger partial charge in [0, 0.05) is 37.6 Å². The van der Waals surface area contributed by atoms with Crippen molar-refractivity contribution in [1.82, 2.24) is 19.8 Å². The summed E-state index contributed by atoms with van der Waals surface area (Å²) in [6.07, 6.45) is 0.998. The molecule has 3 N–H and O–H groups in total. The molecule has 2 aliphatic rings. The number of nitrogens with two attached hydrogens (primary N) is 1. The van der Waals surface area contributed by atoms with Crippen LogP contribution < -0.4 is 11.1 Å². The lowest BCUT2D eigenvalue weighted by Gasteiger charge is -2.30. The highest BCUT2D eigenvalue weighted by molar-refractivity contribution is 7.09. The molecule has 0 atom stereocenters. The van der Waals surface area contributed by atoms with Crippen molar-refractivity contribution in [1.29, 1.82) is 0 Å². The first-order valence-corrected chi connectivity index (χ1v) is 6.68. The first kappa shape index (κ1) is 12.3. The molecule has 0 bridgehead atoms. The average molecular weight is 283 g/mol. The number of anilines is 1. The number of hydrogen-bond acceptors (Lipinski definition) is 7. The van der Waals surface area contributed by atoms with E-state index in [1.54, 1.807) is 0 Å². The van der Waals surface area contributed by atoms with Crippen LogP contribution in [0.3, 0.4) is 0 Å². The molecule has 1 aromatic rings. The third kappa shape index (κ3) is 1.94. The molecule has 0 saturated carbocycles. The second-order valence-corrected chi connectivity index (χ2v) is 5.39. The van der Waals surface area contributed by atoms with Crippen LogP contribution in [-0.4, -0.2) is 45.2 Å². The number of aromatic nitrogens is 2. The zero-order valence-electron chi connectivity index (χ0n) is 10.1. The van der Waals surface area contributed by atoms with Crippen LogP contribution in [0, 0.1) is 0 Å². The van der Waals surface area contributed by atoms with Crippen LogP contribution in [0.2, 0.25) is 0 Å². The zero-order valence-corrected chi connectivity index (χ0v) is 10.9. The highest BCUT2D eigenvalue weighted by Gasteiger charge is 2.51. The van der Waals surface area contributed by atoms with E-state index in [-0.39, 0.29) is 12.5 Å². The van der Waals surface area contributed by atoms with E-state index < -0.39 is 11.6 Å². The van der Waals surface area contributed by atoms with Crippen molar-refractivity contribution in [3.8, 4) is 0 Å². The molecule has 2 aliphatic heterocycles. The van der Waals surface area contributed by atoms with Gasteiger partial charge in [-0.15, -0.1) is 5.10 Å². The number of hydrogen-bond donors (Lipinski definition) is 2. The Labute approximate surface area is 113 Å². The predicted octanol–water partition coefficient (Wildman–Crippen LogP) is -0.279. The lowest BCUT2D eigenvalue weighted by Crippen LogP contribution is -2.51. The number of urea groups is 1. The molecule has 0 radical (unpaired) electrons. The maximum absolute atomic E-state index is 12.4. The van der Waals surface area contributed by atoms with E-state index in [0.29, 0.717) is 36.8 Å². The van der Waals surface area contributed by atoms with Crippen molar-refractivity contribution >= 4 is 28.5 Å². The van der Waals surface area contributed by atoms with Gasteiger partial charge in [-0.3, -0.25) is 9.69 Å². The standard InChI is InChI=1S/C10H13N5O3S/c11-7-6(13-14-19-7)5-15-8(16)10(12-9(15)17)1-3-18-4-2-10/h1-5,11H2,(H,12,17). The summed E-state index contributed by atoms with van der Waals surface area (Å²) in [5.74, 6) is -0.229. The minimum Gasteiger partial charge on any atom is -0.388 e. The maximum Gasteiger partial charge on any atom is 0.325 e. The van der Waals surface area contributed by atoms with Gasteiger partial charge in [-0.2, -0.15) is 0 Å². The summed E-state index contributed by atoms with van der Waals surface area (Å²) in [6, 6.07) is -0.403. The molecule has 102 valence electrons. The summed E-state index contributed by atoms with van der Waals surface area (Å²) in [6.45, 7) is 1.01. The second kappa shape index (κ2) is 4.42. The molecule has 19 heavy (non-hydrogen) atoms. The molecule has 0 aromatic carbocycles. The van der Waals surface area contributed by atoms with Gasteiger partial charge in [-0.05, 0) is 0 Å². The van der Waals surface area contributed by atoms with Gasteiger partial charge in [0.2, 0.25) is 0 Å². The molecule has 3 heterocycles. The van der Waals surface area contributed by atoms with E-state index in [4.69, 9.17) is 10.5 Å². The molecule has 3 rings (SSSR count). The molecule has 2 fully saturated rings. The Bertz CT molecular complexity index is 525. The summed E-state index contributed by atoms with van der Waals surface area (Å²) < 4.78 is 8.93. The third-order valence-corrected chi connectivity index (χ3v) is 4.08. The van der Waals surface area contributed by atoms with Crippen molar-refractivity contribution in [3.63, 3.8) is 0 Å². The van der Waals surface area contributed by atoms with Gasteiger partial charge in [0.15, 0.2) is 0 Å². The quantitative estimate of drug-likeness (QED) is 0.722. The molecule has 0 aliphatic carbocycles. The Balaban J connectivity index is 1.81. The Hall–Kier alpha value is -1.74. The number of nitrogen functional groups attached to an aromatic ring is 1. The van der Waals surface area contributed by atoms with E-state index in [2.05, 4.69) is 14.9 Å². The lowest BCUT2D eigenvalue weighted by atomic mass is 9.90. The van der Waals surface area contributed by atoms with Crippen LogP contribution >= 0.6 is 11.5 Å². The number of imide groups is 1. The fraction of sp³-hybridized carbons (Fsp3) is 0.600. The molecule has 0 unspecified atom stereocenters. The topological polar surface area (TPSA) is 110 Å². The summed E-state index contributed by atoms with van der Waals surface area (Å²) in [5.41, 5.74) is 5.33. The Kier molecular flexibility index (Phi) is 2.86. The van der Waals surface area contributed by atoms with Crippen LogP contribution in [0.15, 0.2) is 0 Å². The smallest absolute Gasteiger partial charge is 0.325 e. The van der Waals surface area contributed by atoms with Crippen molar-refractivity contribution in [3.05, 3.63) is 5.69 Å². The van der Waals surface area contributed by atoms with Gasteiger partial charge >= 0.3 is 6.03 Å². The Morgan fingerprint density at radius 3 is 2.79 bits per heavy atom. The zero-order chi connectivity index (χ0) is 13.5. The number of carbonyl (C=O) groups is 2. The van der Waals surface area contributed by atoms with Crippen LogP contribution in [-0.2, 0) is 16.1 Å². The molecule has 1 spiro atoms. The number of amides is 3. The molecule has 2 saturated heterocycles. The highest BCUT2D eigenvalue weighted by Crippen LogP contribution is 2.29. The average Bonchev–Trinajstić information content (AvgIpc) is 2.89. The Morgan fingerprint density at radius 1 is 1.42 bits per heavy atom. The van der Waals surface area contributed by atoms with Gasteiger partial charge in [-0.25, -0.2) is 4.79 Å². The van der Waals surface area contributed by atoms with Gasteiger partial charge < -0.3 is 15.8 Å². The van der Waals surface area contributed by atoms with Crippen molar-refractivity contribution in [2.24, 2.45) is 0 Å². The normalized spacial score (nSPS) is 22.0. The molecule has 8 nitrogen and oxygen atoms in total. The first-order valence-electron chi connectivity index (χ1n) is 5.91. The predicted molar refractivity (Wildman–Crippen MR) is 66.2 cm³/mol. The van der Waals surface area contributed by atoms with Crippen LogP contribution in [0.1, 0.15) is 18.5 Å². The fourth-order valence-corrected chi connectivity index (χ4v) is 2.79. The largest absolute Gasteiger partial charge is 0.388 e. The summed E-state index contributed by atoms with van der Waals surface area (Å²) in [4.78, 5) is 25.5. The number of rotatable bonds is 2. The fourth-order valence-electron chi connectivity index (χ4n) is 2.35. The SMILES string of the molecule is Nc1snnc1CN1C(=O)NC2(CCOCC2)C1=O. The third-order valence-electron chi connectivity index (χ3n) is 3.49. The summed E-state index contributed by atoms with van der Waals surface area (Å²) in [5, 5.41) is 7.02. The van der Waals surface area contributed by atoms with Gasteiger partial charge in [0.25, 0.3) is 5.91 Å². The summed E-state index contributed by atoms with van der Waals surface area (Å²) in [7, 11) is 0. The minimum atomic E-state index is -0.812. The Morgan fingerprint density at radius 2 is 2.16 bits per heavy atom. The number of carbonyl (C=O) groups excluding carboxylic acids is 2. The van der Waals surface area contributed by atoms with Crippen LogP contribution in [0.4, 0.5) is 9.80 Å². The summed E-state index contributed by atoms with van der Waals surface area (Å²) >= 11 is 1.04.